The number of halogens is 1. The van der Waals surface area contributed by atoms with Gasteiger partial charge < -0.3 is 4.74 Å². The summed E-state index contributed by atoms with van der Waals surface area (Å²) in [5, 5.41) is 4.71. The molecule has 5 heteroatoms. The van der Waals surface area contributed by atoms with Gasteiger partial charge in [0, 0.05) is 6.54 Å². The molecular weight excluding hydrogens is 238 g/mol. The molecule has 2 rings (SSSR count). The molecule has 0 aliphatic heterocycles. The van der Waals surface area contributed by atoms with E-state index in [1.807, 2.05) is 22.9 Å². The van der Waals surface area contributed by atoms with Crippen LogP contribution in [0.15, 0.2) is 30.9 Å². The highest BCUT2D eigenvalue weighted by Gasteiger charge is 2.02. The number of methoxy groups -OCH3 is 1. The van der Waals surface area contributed by atoms with Crippen molar-refractivity contribution in [3.05, 3.63) is 41.4 Å². The molecule has 0 bridgehead atoms. The van der Waals surface area contributed by atoms with Crippen molar-refractivity contribution in [1.29, 1.82) is 0 Å². The van der Waals surface area contributed by atoms with Crippen molar-refractivity contribution in [2.75, 3.05) is 7.11 Å². The lowest BCUT2D eigenvalue weighted by Crippen LogP contribution is -2.00. The van der Waals surface area contributed by atoms with E-state index in [0.29, 0.717) is 10.8 Å². The monoisotopic (exact) mass is 251 g/mol. The molecule has 0 radical (unpaired) electrons. The van der Waals surface area contributed by atoms with Gasteiger partial charge in [0.15, 0.2) is 0 Å². The molecule has 2 aromatic rings. The SMILES string of the molecule is COc1ccc(CCCn2cncn2)cc1Cl. The Morgan fingerprint density at radius 3 is 2.94 bits per heavy atom. The van der Waals surface area contributed by atoms with E-state index < -0.39 is 0 Å². The summed E-state index contributed by atoms with van der Waals surface area (Å²) in [6.07, 6.45) is 5.24. The molecule has 1 aromatic carbocycles. The topological polar surface area (TPSA) is 39.9 Å². The van der Waals surface area contributed by atoms with Crippen LogP contribution in [0.25, 0.3) is 0 Å². The van der Waals surface area contributed by atoms with E-state index in [1.54, 1.807) is 19.8 Å². The van der Waals surface area contributed by atoms with Gasteiger partial charge in [-0.25, -0.2) is 4.98 Å². The maximum Gasteiger partial charge on any atom is 0.137 e. The molecule has 0 amide bonds. The molecule has 0 saturated carbocycles. The van der Waals surface area contributed by atoms with E-state index in [9.17, 15) is 0 Å². The van der Waals surface area contributed by atoms with Crippen LogP contribution in [0.5, 0.6) is 5.75 Å². The smallest absolute Gasteiger partial charge is 0.137 e. The lowest BCUT2D eigenvalue weighted by molar-refractivity contribution is 0.415. The Labute approximate surface area is 105 Å². The number of rotatable bonds is 5. The zero-order valence-electron chi connectivity index (χ0n) is 9.64. The van der Waals surface area contributed by atoms with Crippen LogP contribution < -0.4 is 4.74 Å². The fourth-order valence-corrected chi connectivity index (χ4v) is 1.94. The molecule has 90 valence electrons. The van der Waals surface area contributed by atoms with Crippen LogP contribution in [0.3, 0.4) is 0 Å². The van der Waals surface area contributed by atoms with Gasteiger partial charge in [-0.3, -0.25) is 4.68 Å². The average molecular weight is 252 g/mol. The highest BCUT2D eigenvalue weighted by atomic mass is 35.5. The molecule has 0 fully saturated rings. The average Bonchev–Trinajstić information content (AvgIpc) is 2.82. The molecule has 0 aliphatic rings. The van der Waals surface area contributed by atoms with Crippen molar-refractivity contribution >= 4 is 11.6 Å². The fraction of sp³-hybridized carbons (Fsp3) is 0.333. The Morgan fingerprint density at radius 2 is 2.29 bits per heavy atom. The van der Waals surface area contributed by atoms with Gasteiger partial charge in [-0.1, -0.05) is 17.7 Å². The number of aromatic nitrogens is 3. The van der Waals surface area contributed by atoms with Crippen molar-refractivity contribution in [2.45, 2.75) is 19.4 Å². The first-order chi connectivity index (χ1) is 8.29. The summed E-state index contributed by atoms with van der Waals surface area (Å²) in [7, 11) is 1.62. The Morgan fingerprint density at radius 1 is 1.41 bits per heavy atom. The summed E-state index contributed by atoms with van der Waals surface area (Å²) in [4.78, 5) is 3.90. The maximum atomic E-state index is 6.06. The maximum absolute atomic E-state index is 6.06. The Bertz CT molecular complexity index is 471. The van der Waals surface area contributed by atoms with Crippen molar-refractivity contribution in [1.82, 2.24) is 14.8 Å². The van der Waals surface area contributed by atoms with Crippen LogP contribution in [-0.2, 0) is 13.0 Å². The van der Waals surface area contributed by atoms with Crippen LogP contribution in [0, 0.1) is 0 Å². The first-order valence-corrected chi connectivity index (χ1v) is 5.82. The summed E-state index contributed by atoms with van der Waals surface area (Å²) in [5.74, 6) is 0.715. The first-order valence-electron chi connectivity index (χ1n) is 5.44. The quantitative estimate of drug-likeness (QED) is 0.820. The van der Waals surface area contributed by atoms with E-state index in [1.165, 1.54) is 5.56 Å². The summed E-state index contributed by atoms with van der Waals surface area (Å²) in [6, 6.07) is 5.88. The third kappa shape index (κ3) is 3.20. The summed E-state index contributed by atoms with van der Waals surface area (Å²) >= 11 is 6.06. The van der Waals surface area contributed by atoms with Crippen LogP contribution >= 0.6 is 11.6 Å². The van der Waals surface area contributed by atoms with E-state index in [4.69, 9.17) is 16.3 Å². The first kappa shape index (κ1) is 11.9. The van der Waals surface area contributed by atoms with Crippen molar-refractivity contribution < 1.29 is 4.74 Å². The predicted octanol–water partition coefficient (Wildman–Crippen LogP) is 2.57. The molecule has 0 N–H and O–H groups in total. The predicted molar refractivity (Wildman–Crippen MR) is 66.3 cm³/mol. The molecule has 1 heterocycles. The highest BCUT2D eigenvalue weighted by Crippen LogP contribution is 2.25. The third-order valence-electron chi connectivity index (χ3n) is 2.54. The lowest BCUT2D eigenvalue weighted by Gasteiger charge is -2.06. The molecule has 0 spiro atoms. The number of benzene rings is 1. The molecule has 0 atom stereocenters. The van der Waals surface area contributed by atoms with Gasteiger partial charge in [0.05, 0.1) is 12.1 Å². The Balaban J connectivity index is 1.89. The number of aryl methyl sites for hydroxylation is 2. The van der Waals surface area contributed by atoms with Gasteiger partial charge in [-0.05, 0) is 30.5 Å². The summed E-state index contributed by atoms with van der Waals surface area (Å²) in [5.41, 5.74) is 1.20. The highest BCUT2D eigenvalue weighted by molar-refractivity contribution is 6.32. The lowest BCUT2D eigenvalue weighted by atomic mass is 10.1. The van der Waals surface area contributed by atoms with Gasteiger partial charge in [-0.2, -0.15) is 5.10 Å². The fourth-order valence-electron chi connectivity index (χ4n) is 1.66. The zero-order valence-corrected chi connectivity index (χ0v) is 10.4. The van der Waals surface area contributed by atoms with Gasteiger partial charge >= 0.3 is 0 Å². The number of hydrogen-bond donors (Lipinski definition) is 0. The minimum absolute atomic E-state index is 0.658. The summed E-state index contributed by atoms with van der Waals surface area (Å²) in [6.45, 7) is 0.865. The van der Waals surface area contributed by atoms with Crippen LogP contribution in [0.2, 0.25) is 5.02 Å². The van der Waals surface area contributed by atoms with Gasteiger partial charge in [0.1, 0.15) is 18.4 Å². The minimum Gasteiger partial charge on any atom is -0.495 e. The van der Waals surface area contributed by atoms with E-state index in [0.717, 1.165) is 19.4 Å². The largest absolute Gasteiger partial charge is 0.495 e. The molecule has 0 aliphatic carbocycles. The van der Waals surface area contributed by atoms with E-state index >= 15 is 0 Å². The molecule has 0 saturated heterocycles. The zero-order chi connectivity index (χ0) is 12.1. The molecular formula is C12H14ClN3O. The van der Waals surface area contributed by atoms with E-state index in [-0.39, 0.29) is 0 Å². The van der Waals surface area contributed by atoms with Crippen LogP contribution in [-0.4, -0.2) is 21.9 Å². The standard InChI is InChI=1S/C12H14ClN3O/c1-17-12-5-4-10(7-11(12)13)3-2-6-16-9-14-8-15-16/h4-5,7-9H,2-3,6H2,1H3. The van der Waals surface area contributed by atoms with Crippen LogP contribution in [0.1, 0.15) is 12.0 Å². The van der Waals surface area contributed by atoms with Gasteiger partial charge in [0.2, 0.25) is 0 Å². The number of ether oxygens (including phenoxy) is 1. The Kier molecular flexibility index (Phi) is 3.98. The molecule has 0 unspecified atom stereocenters. The second-order valence-electron chi connectivity index (χ2n) is 3.73. The normalized spacial score (nSPS) is 10.5. The third-order valence-corrected chi connectivity index (χ3v) is 2.83. The number of hydrogen-bond acceptors (Lipinski definition) is 3. The molecule has 17 heavy (non-hydrogen) atoms. The molecule has 4 nitrogen and oxygen atoms in total. The van der Waals surface area contributed by atoms with Crippen LogP contribution in [0.4, 0.5) is 0 Å². The van der Waals surface area contributed by atoms with Crippen molar-refractivity contribution in [2.24, 2.45) is 0 Å². The second kappa shape index (κ2) is 5.68. The van der Waals surface area contributed by atoms with Gasteiger partial charge in [0.25, 0.3) is 0 Å². The summed E-state index contributed by atoms with van der Waals surface area (Å²) < 4.78 is 6.93. The van der Waals surface area contributed by atoms with E-state index in [2.05, 4.69) is 10.1 Å². The Hall–Kier alpha value is -1.55. The van der Waals surface area contributed by atoms with Gasteiger partial charge in [-0.15, -0.1) is 0 Å². The van der Waals surface area contributed by atoms with Crippen molar-refractivity contribution in [3.8, 4) is 5.75 Å². The van der Waals surface area contributed by atoms with Crippen molar-refractivity contribution in [3.63, 3.8) is 0 Å². The molecule has 1 aromatic heterocycles. The second-order valence-corrected chi connectivity index (χ2v) is 4.14. The minimum atomic E-state index is 0.658. The number of nitrogens with zero attached hydrogens (tertiary/aromatic N) is 3.